The summed E-state index contributed by atoms with van der Waals surface area (Å²) in [5.41, 5.74) is 0. The van der Waals surface area contributed by atoms with Crippen molar-refractivity contribution < 1.29 is 19.4 Å². The highest BCUT2D eigenvalue weighted by Gasteiger charge is 2.33. The van der Waals surface area contributed by atoms with Crippen LogP contribution in [0.25, 0.3) is 0 Å². The quantitative estimate of drug-likeness (QED) is 0.683. The van der Waals surface area contributed by atoms with Crippen molar-refractivity contribution >= 4 is 5.91 Å². The van der Waals surface area contributed by atoms with Crippen molar-refractivity contribution in [2.45, 2.75) is 25.0 Å². The topological polar surface area (TPSA) is 82.7 Å². The number of rotatable bonds is 3. The second kappa shape index (κ2) is 4.67. The minimum Gasteiger partial charge on any atom is -0.459 e. The maximum absolute atomic E-state index is 11.6. The third-order valence-electron chi connectivity index (χ3n) is 2.97. The van der Waals surface area contributed by atoms with Gasteiger partial charge in [-0.25, -0.2) is 0 Å². The Balaban J connectivity index is 1.90. The summed E-state index contributed by atoms with van der Waals surface area (Å²) in [6.45, 7) is -0.0473. The number of aliphatic hydroxyl groups excluding tert-OH is 2. The SMILES string of the molecule is O=C(N[C@@H]1C[C@H](CO)[C@H](O)C1)c1ccco1. The molecule has 1 aliphatic rings. The standard InChI is InChI=1S/C11H15NO4/c13-6-7-4-8(5-9(7)14)12-11(15)10-2-1-3-16-10/h1-3,7-9,13-14H,4-6H2,(H,12,15)/t7-,8-,9-/m1/s1. The Morgan fingerprint density at radius 3 is 2.94 bits per heavy atom. The monoisotopic (exact) mass is 225 g/mol. The molecule has 0 saturated heterocycles. The lowest BCUT2D eigenvalue weighted by atomic mass is 10.1. The van der Waals surface area contributed by atoms with Crippen molar-refractivity contribution in [3.05, 3.63) is 24.2 Å². The van der Waals surface area contributed by atoms with Crippen molar-refractivity contribution in [3.8, 4) is 0 Å². The summed E-state index contributed by atoms with van der Waals surface area (Å²) < 4.78 is 4.96. The summed E-state index contributed by atoms with van der Waals surface area (Å²) in [6, 6.07) is 3.14. The van der Waals surface area contributed by atoms with E-state index in [-0.39, 0.29) is 30.2 Å². The molecule has 0 unspecified atom stereocenters. The van der Waals surface area contributed by atoms with Crippen LogP contribution in [0.1, 0.15) is 23.4 Å². The highest BCUT2D eigenvalue weighted by atomic mass is 16.3. The van der Waals surface area contributed by atoms with Gasteiger partial charge in [0.15, 0.2) is 5.76 Å². The van der Waals surface area contributed by atoms with Gasteiger partial charge in [0.25, 0.3) is 5.91 Å². The van der Waals surface area contributed by atoms with Crippen molar-refractivity contribution in [1.29, 1.82) is 0 Å². The Kier molecular flexibility index (Phi) is 3.26. The smallest absolute Gasteiger partial charge is 0.287 e. The minimum absolute atomic E-state index is 0.0473. The van der Waals surface area contributed by atoms with E-state index in [9.17, 15) is 9.90 Å². The highest BCUT2D eigenvalue weighted by molar-refractivity contribution is 5.91. The van der Waals surface area contributed by atoms with E-state index in [0.29, 0.717) is 12.8 Å². The van der Waals surface area contributed by atoms with Gasteiger partial charge < -0.3 is 19.9 Å². The Morgan fingerprint density at radius 2 is 2.38 bits per heavy atom. The first-order chi connectivity index (χ1) is 7.70. The van der Waals surface area contributed by atoms with Crippen LogP contribution in [-0.2, 0) is 0 Å². The highest BCUT2D eigenvalue weighted by Crippen LogP contribution is 2.25. The first-order valence-electron chi connectivity index (χ1n) is 5.34. The predicted molar refractivity (Wildman–Crippen MR) is 55.8 cm³/mol. The third kappa shape index (κ3) is 2.25. The summed E-state index contributed by atoms with van der Waals surface area (Å²) in [5, 5.41) is 21.3. The van der Waals surface area contributed by atoms with E-state index in [1.54, 1.807) is 12.1 Å². The van der Waals surface area contributed by atoms with Gasteiger partial charge in [-0.1, -0.05) is 0 Å². The molecule has 1 aromatic heterocycles. The fraction of sp³-hybridized carbons (Fsp3) is 0.545. The van der Waals surface area contributed by atoms with Crippen molar-refractivity contribution in [1.82, 2.24) is 5.32 Å². The lowest BCUT2D eigenvalue weighted by Crippen LogP contribution is -2.33. The molecule has 1 fully saturated rings. The number of hydrogen-bond donors (Lipinski definition) is 3. The molecule has 5 nitrogen and oxygen atoms in total. The van der Waals surface area contributed by atoms with E-state index in [4.69, 9.17) is 9.52 Å². The average Bonchev–Trinajstić information content (AvgIpc) is 2.87. The van der Waals surface area contributed by atoms with Crippen LogP contribution in [0.15, 0.2) is 22.8 Å². The fourth-order valence-electron chi connectivity index (χ4n) is 2.08. The molecular formula is C11H15NO4. The van der Waals surface area contributed by atoms with Crippen LogP contribution < -0.4 is 5.32 Å². The number of hydrogen-bond acceptors (Lipinski definition) is 4. The van der Waals surface area contributed by atoms with Gasteiger partial charge in [0.1, 0.15) is 0 Å². The van der Waals surface area contributed by atoms with Crippen molar-refractivity contribution in [2.75, 3.05) is 6.61 Å². The first-order valence-corrected chi connectivity index (χ1v) is 5.34. The maximum Gasteiger partial charge on any atom is 0.287 e. The molecule has 1 aromatic rings. The number of furan rings is 1. The molecule has 1 heterocycles. The van der Waals surface area contributed by atoms with Crippen LogP contribution in [0.5, 0.6) is 0 Å². The van der Waals surface area contributed by atoms with Gasteiger partial charge in [-0.2, -0.15) is 0 Å². The molecule has 1 aliphatic carbocycles. The Hall–Kier alpha value is -1.33. The zero-order chi connectivity index (χ0) is 11.5. The van der Waals surface area contributed by atoms with Gasteiger partial charge in [0, 0.05) is 18.6 Å². The molecule has 0 radical (unpaired) electrons. The maximum atomic E-state index is 11.6. The number of amides is 1. The summed E-state index contributed by atoms with van der Waals surface area (Å²) in [4.78, 5) is 11.6. The van der Waals surface area contributed by atoms with Gasteiger partial charge in [-0.3, -0.25) is 4.79 Å². The van der Waals surface area contributed by atoms with Crippen LogP contribution in [0.4, 0.5) is 0 Å². The predicted octanol–water partition coefficient (Wildman–Crippen LogP) is 0.141. The molecule has 5 heteroatoms. The van der Waals surface area contributed by atoms with E-state index < -0.39 is 6.10 Å². The summed E-state index contributed by atoms with van der Waals surface area (Å²) >= 11 is 0. The molecular weight excluding hydrogens is 210 g/mol. The van der Waals surface area contributed by atoms with E-state index in [2.05, 4.69) is 5.32 Å². The van der Waals surface area contributed by atoms with E-state index in [1.807, 2.05) is 0 Å². The first kappa shape index (κ1) is 11.2. The van der Waals surface area contributed by atoms with Gasteiger partial charge in [-0.15, -0.1) is 0 Å². The summed E-state index contributed by atoms with van der Waals surface area (Å²) in [7, 11) is 0. The average molecular weight is 225 g/mol. The normalized spacial score (nSPS) is 29.2. The van der Waals surface area contributed by atoms with Gasteiger partial charge >= 0.3 is 0 Å². The molecule has 0 aliphatic heterocycles. The molecule has 88 valence electrons. The third-order valence-corrected chi connectivity index (χ3v) is 2.97. The molecule has 0 aromatic carbocycles. The number of carbonyl (C=O) groups is 1. The molecule has 0 bridgehead atoms. The van der Waals surface area contributed by atoms with E-state index in [0.717, 1.165) is 0 Å². The summed E-state index contributed by atoms with van der Waals surface area (Å²) in [5.74, 6) is -0.148. The van der Waals surface area contributed by atoms with Gasteiger partial charge in [0.05, 0.1) is 12.4 Å². The molecule has 3 N–H and O–H groups in total. The Labute approximate surface area is 93.1 Å². The largest absolute Gasteiger partial charge is 0.459 e. The lowest BCUT2D eigenvalue weighted by molar-refractivity contribution is 0.0895. The van der Waals surface area contributed by atoms with Gasteiger partial charge in [-0.05, 0) is 25.0 Å². The zero-order valence-corrected chi connectivity index (χ0v) is 8.80. The fourth-order valence-corrected chi connectivity index (χ4v) is 2.08. The minimum atomic E-state index is -0.535. The van der Waals surface area contributed by atoms with Crippen LogP contribution in [0.2, 0.25) is 0 Å². The van der Waals surface area contributed by atoms with Crippen LogP contribution in [-0.4, -0.2) is 34.9 Å². The van der Waals surface area contributed by atoms with Crippen molar-refractivity contribution in [2.24, 2.45) is 5.92 Å². The van der Waals surface area contributed by atoms with E-state index in [1.165, 1.54) is 6.26 Å². The molecule has 1 amide bonds. The second-order valence-corrected chi connectivity index (χ2v) is 4.13. The Bertz CT molecular complexity index is 349. The number of nitrogens with one attached hydrogen (secondary N) is 1. The molecule has 3 atom stereocenters. The van der Waals surface area contributed by atoms with Crippen molar-refractivity contribution in [3.63, 3.8) is 0 Å². The van der Waals surface area contributed by atoms with Crippen LogP contribution in [0.3, 0.4) is 0 Å². The van der Waals surface area contributed by atoms with Crippen LogP contribution >= 0.6 is 0 Å². The summed E-state index contributed by atoms with van der Waals surface area (Å²) in [6.07, 6.45) is 1.99. The second-order valence-electron chi connectivity index (χ2n) is 4.13. The number of aliphatic hydroxyl groups is 2. The molecule has 0 spiro atoms. The lowest BCUT2D eigenvalue weighted by Gasteiger charge is -2.10. The van der Waals surface area contributed by atoms with Gasteiger partial charge in [0.2, 0.25) is 0 Å². The Morgan fingerprint density at radius 1 is 1.56 bits per heavy atom. The van der Waals surface area contributed by atoms with Crippen LogP contribution in [0, 0.1) is 5.92 Å². The van der Waals surface area contributed by atoms with E-state index >= 15 is 0 Å². The zero-order valence-electron chi connectivity index (χ0n) is 8.80. The molecule has 1 saturated carbocycles. The number of carbonyl (C=O) groups excluding carboxylic acids is 1. The molecule has 16 heavy (non-hydrogen) atoms. The molecule has 2 rings (SSSR count).